The summed E-state index contributed by atoms with van der Waals surface area (Å²) in [5.74, 6) is 0.678. The van der Waals surface area contributed by atoms with Gasteiger partial charge in [-0.05, 0) is 23.8 Å². The number of benzene rings is 1. The Morgan fingerprint density at radius 3 is 2.81 bits per heavy atom. The molecule has 0 aliphatic heterocycles. The monoisotopic (exact) mass is 321 g/mol. The smallest absolute Gasteiger partial charge is 0.261 e. The molecule has 0 spiro atoms. The fourth-order valence-corrected chi connectivity index (χ4v) is 2.31. The molecule has 0 aliphatic rings. The van der Waals surface area contributed by atoms with Gasteiger partial charge in [0.2, 0.25) is 0 Å². The van der Waals surface area contributed by atoms with Crippen LogP contribution in [-0.4, -0.2) is 20.2 Å². The summed E-state index contributed by atoms with van der Waals surface area (Å²) in [6, 6.07) is 6.82. The average Bonchev–Trinajstić information content (AvgIpc) is 2.91. The third-order valence-corrected chi connectivity index (χ3v) is 3.45. The molecule has 1 N–H and O–H groups in total. The molecule has 2 aromatic heterocycles. The van der Waals surface area contributed by atoms with Gasteiger partial charge in [-0.2, -0.15) is 4.98 Å². The van der Waals surface area contributed by atoms with E-state index in [1.165, 1.54) is 12.4 Å². The minimum atomic E-state index is -0.0165. The van der Waals surface area contributed by atoms with Crippen molar-refractivity contribution in [2.24, 2.45) is 0 Å². The predicted molar refractivity (Wildman–Crippen MR) is 78.5 cm³/mol. The molecule has 3 aromatic rings. The second-order valence-electron chi connectivity index (χ2n) is 4.32. The van der Waals surface area contributed by atoms with Crippen LogP contribution in [0, 0.1) is 0 Å². The van der Waals surface area contributed by atoms with Gasteiger partial charge >= 0.3 is 0 Å². The first-order valence-electron chi connectivity index (χ1n) is 6.03. The molecule has 0 fully saturated rings. The number of aromatic hydroxyl groups is 1. The Bertz CT molecular complexity index is 789. The SMILES string of the molecule is Oc1cnccc1-c1nc(Cc2ccc(Cl)cc2Cl)no1. The Labute approximate surface area is 130 Å². The average molecular weight is 322 g/mol. The zero-order chi connectivity index (χ0) is 14.8. The summed E-state index contributed by atoms with van der Waals surface area (Å²) < 4.78 is 5.15. The highest BCUT2D eigenvalue weighted by molar-refractivity contribution is 6.35. The highest BCUT2D eigenvalue weighted by atomic mass is 35.5. The molecule has 21 heavy (non-hydrogen) atoms. The molecule has 0 radical (unpaired) electrons. The zero-order valence-corrected chi connectivity index (χ0v) is 12.1. The molecule has 0 saturated heterocycles. The van der Waals surface area contributed by atoms with E-state index in [0.29, 0.717) is 27.9 Å². The van der Waals surface area contributed by atoms with Gasteiger partial charge in [0.15, 0.2) is 5.82 Å². The van der Waals surface area contributed by atoms with E-state index >= 15 is 0 Å². The van der Waals surface area contributed by atoms with Crippen LogP contribution in [-0.2, 0) is 6.42 Å². The fraction of sp³-hybridized carbons (Fsp3) is 0.0714. The van der Waals surface area contributed by atoms with Crippen LogP contribution in [0.4, 0.5) is 0 Å². The molecule has 106 valence electrons. The minimum absolute atomic E-state index is 0.0165. The second kappa shape index (κ2) is 5.71. The molecular weight excluding hydrogens is 313 g/mol. The van der Waals surface area contributed by atoms with E-state index in [1.54, 1.807) is 18.2 Å². The lowest BCUT2D eigenvalue weighted by Gasteiger charge is -2.01. The second-order valence-corrected chi connectivity index (χ2v) is 5.16. The van der Waals surface area contributed by atoms with Crippen molar-refractivity contribution in [1.29, 1.82) is 0 Å². The molecule has 1 aromatic carbocycles. The molecule has 0 atom stereocenters. The lowest BCUT2D eigenvalue weighted by Crippen LogP contribution is -1.92. The summed E-state index contributed by atoms with van der Waals surface area (Å²) in [7, 11) is 0. The number of nitrogens with zero attached hydrogens (tertiary/aromatic N) is 3. The molecule has 0 amide bonds. The summed E-state index contributed by atoms with van der Waals surface area (Å²) in [4.78, 5) is 8.04. The maximum atomic E-state index is 9.71. The molecule has 0 unspecified atom stereocenters. The van der Waals surface area contributed by atoms with Gasteiger partial charge in [-0.1, -0.05) is 34.4 Å². The Morgan fingerprint density at radius 1 is 1.19 bits per heavy atom. The predicted octanol–water partition coefficient (Wildman–Crippen LogP) is 3.73. The van der Waals surface area contributed by atoms with Gasteiger partial charge in [-0.3, -0.25) is 4.98 Å². The number of aromatic nitrogens is 3. The lowest BCUT2D eigenvalue weighted by molar-refractivity contribution is 0.418. The van der Waals surface area contributed by atoms with E-state index in [0.717, 1.165) is 5.56 Å². The van der Waals surface area contributed by atoms with Gasteiger partial charge < -0.3 is 9.63 Å². The van der Waals surface area contributed by atoms with E-state index in [4.69, 9.17) is 27.7 Å². The van der Waals surface area contributed by atoms with Gasteiger partial charge in [0.1, 0.15) is 5.75 Å². The maximum absolute atomic E-state index is 9.71. The van der Waals surface area contributed by atoms with E-state index in [-0.39, 0.29) is 11.6 Å². The van der Waals surface area contributed by atoms with Crippen molar-refractivity contribution in [2.75, 3.05) is 0 Å². The number of halogens is 2. The highest BCUT2D eigenvalue weighted by Gasteiger charge is 2.14. The summed E-state index contributed by atoms with van der Waals surface area (Å²) in [6.07, 6.45) is 3.26. The van der Waals surface area contributed by atoms with Crippen molar-refractivity contribution in [3.8, 4) is 17.2 Å². The first-order valence-corrected chi connectivity index (χ1v) is 6.79. The molecule has 0 saturated carbocycles. The number of hydrogen-bond acceptors (Lipinski definition) is 5. The van der Waals surface area contributed by atoms with Gasteiger partial charge in [0.05, 0.1) is 11.8 Å². The summed E-state index contributed by atoms with van der Waals surface area (Å²) in [6.45, 7) is 0. The maximum Gasteiger partial charge on any atom is 0.261 e. The van der Waals surface area contributed by atoms with Crippen molar-refractivity contribution in [3.05, 3.63) is 58.1 Å². The number of hydrogen-bond donors (Lipinski definition) is 1. The van der Waals surface area contributed by atoms with Gasteiger partial charge in [-0.25, -0.2) is 0 Å². The van der Waals surface area contributed by atoms with Crippen LogP contribution in [0.1, 0.15) is 11.4 Å². The third kappa shape index (κ3) is 2.99. The van der Waals surface area contributed by atoms with Crippen LogP contribution in [0.3, 0.4) is 0 Å². The largest absolute Gasteiger partial charge is 0.505 e. The topological polar surface area (TPSA) is 72.0 Å². The standard InChI is InChI=1S/C14H9Cl2N3O2/c15-9-2-1-8(11(16)6-9)5-13-18-14(21-19-13)10-3-4-17-7-12(10)20/h1-4,6-7,20H,5H2. The number of rotatable bonds is 3. The molecule has 0 bridgehead atoms. The van der Waals surface area contributed by atoms with E-state index in [9.17, 15) is 5.11 Å². The molecule has 0 aliphatic carbocycles. The summed E-state index contributed by atoms with van der Waals surface area (Å²) in [5.41, 5.74) is 1.28. The molecular formula is C14H9Cl2N3O2. The highest BCUT2D eigenvalue weighted by Crippen LogP contribution is 2.27. The minimum Gasteiger partial charge on any atom is -0.505 e. The van der Waals surface area contributed by atoms with Crippen LogP contribution in [0.2, 0.25) is 10.0 Å². The Morgan fingerprint density at radius 2 is 2.05 bits per heavy atom. The van der Waals surface area contributed by atoms with Gasteiger partial charge in [0.25, 0.3) is 5.89 Å². The molecule has 7 heteroatoms. The third-order valence-electron chi connectivity index (χ3n) is 2.86. The fourth-order valence-electron chi connectivity index (χ4n) is 1.84. The van der Waals surface area contributed by atoms with Gasteiger partial charge in [-0.15, -0.1) is 0 Å². The summed E-state index contributed by atoms with van der Waals surface area (Å²) >= 11 is 12.0. The van der Waals surface area contributed by atoms with E-state index in [1.807, 2.05) is 6.07 Å². The first kappa shape index (κ1) is 13.9. The van der Waals surface area contributed by atoms with Crippen molar-refractivity contribution in [3.63, 3.8) is 0 Å². The van der Waals surface area contributed by atoms with Crippen LogP contribution in [0.15, 0.2) is 41.2 Å². The Hall–Kier alpha value is -2.11. The van der Waals surface area contributed by atoms with E-state index in [2.05, 4.69) is 15.1 Å². The normalized spacial score (nSPS) is 10.8. The Balaban J connectivity index is 1.87. The first-order chi connectivity index (χ1) is 10.1. The van der Waals surface area contributed by atoms with Crippen molar-refractivity contribution < 1.29 is 9.63 Å². The molecule has 3 rings (SSSR count). The van der Waals surface area contributed by atoms with Crippen LogP contribution < -0.4 is 0 Å². The van der Waals surface area contributed by atoms with Crippen LogP contribution in [0.5, 0.6) is 5.75 Å². The quantitative estimate of drug-likeness (QED) is 0.795. The van der Waals surface area contributed by atoms with E-state index < -0.39 is 0 Å². The number of pyridine rings is 1. The summed E-state index contributed by atoms with van der Waals surface area (Å²) in [5, 5.41) is 14.7. The zero-order valence-electron chi connectivity index (χ0n) is 10.6. The van der Waals surface area contributed by atoms with Crippen molar-refractivity contribution >= 4 is 23.2 Å². The van der Waals surface area contributed by atoms with Crippen LogP contribution in [0.25, 0.3) is 11.5 Å². The van der Waals surface area contributed by atoms with Crippen molar-refractivity contribution in [2.45, 2.75) is 6.42 Å². The lowest BCUT2D eigenvalue weighted by atomic mass is 10.1. The van der Waals surface area contributed by atoms with Gasteiger partial charge in [0, 0.05) is 22.7 Å². The van der Waals surface area contributed by atoms with Crippen molar-refractivity contribution in [1.82, 2.24) is 15.1 Å². The van der Waals surface area contributed by atoms with Crippen LogP contribution >= 0.6 is 23.2 Å². The molecule has 5 nitrogen and oxygen atoms in total. The molecule has 2 heterocycles. The Kier molecular flexibility index (Phi) is 3.77.